The van der Waals surface area contributed by atoms with Crippen molar-refractivity contribution in [2.75, 3.05) is 13.2 Å². The van der Waals surface area contributed by atoms with Crippen LogP contribution in [0.3, 0.4) is 0 Å². The van der Waals surface area contributed by atoms with E-state index >= 15 is 0 Å². The summed E-state index contributed by atoms with van der Waals surface area (Å²) >= 11 is 1.21. The number of nitrogens with one attached hydrogen (secondary N) is 1. The molecule has 136 valence electrons. The number of carbonyl (C=O) groups excluding carboxylic acids is 2. The minimum absolute atomic E-state index is 0.147. The van der Waals surface area contributed by atoms with Gasteiger partial charge >= 0.3 is 5.97 Å². The van der Waals surface area contributed by atoms with Crippen molar-refractivity contribution in [3.05, 3.63) is 26.6 Å². The summed E-state index contributed by atoms with van der Waals surface area (Å²) in [5.41, 5.74) is 0.496. The highest BCUT2D eigenvalue weighted by atomic mass is 32.1. The van der Waals surface area contributed by atoms with Crippen molar-refractivity contribution in [1.29, 1.82) is 0 Å². The van der Waals surface area contributed by atoms with E-state index in [1.54, 1.807) is 34.7 Å². The minimum Gasteiger partial charge on any atom is -0.466 e. The van der Waals surface area contributed by atoms with Crippen LogP contribution in [0.15, 0.2) is 4.79 Å². The molecule has 0 radical (unpaired) electrons. The maximum Gasteiger partial charge on any atom is 0.308 e. The van der Waals surface area contributed by atoms with Gasteiger partial charge in [-0.1, -0.05) is 6.92 Å². The molecule has 7 nitrogen and oxygen atoms in total. The van der Waals surface area contributed by atoms with Gasteiger partial charge in [-0.25, -0.2) is 4.98 Å². The highest BCUT2D eigenvalue weighted by Gasteiger charge is 2.20. The maximum absolute atomic E-state index is 12.4. The van der Waals surface area contributed by atoms with Gasteiger partial charge in [0.2, 0.25) is 0 Å². The van der Waals surface area contributed by atoms with Gasteiger partial charge in [-0.3, -0.25) is 19.0 Å². The second-order valence-electron chi connectivity index (χ2n) is 5.96. The van der Waals surface area contributed by atoms with Crippen LogP contribution < -0.4 is 10.9 Å². The maximum atomic E-state index is 12.4. The molecule has 1 amide bonds. The lowest BCUT2D eigenvalue weighted by atomic mass is 10.1. The van der Waals surface area contributed by atoms with Crippen LogP contribution in [0.2, 0.25) is 0 Å². The number of esters is 1. The molecular formula is C17H23N3O4S. The van der Waals surface area contributed by atoms with Crippen LogP contribution in [0.25, 0.3) is 10.2 Å². The van der Waals surface area contributed by atoms with Crippen LogP contribution in [0.5, 0.6) is 0 Å². The average Bonchev–Trinajstić information content (AvgIpc) is 2.89. The molecule has 0 aromatic carbocycles. The number of nitrogens with zero attached hydrogens (tertiary/aromatic N) is 2. The second-order valence-corrected chi connectivity index (χ2v) is 6.96. The quantitative estimate of drug-likeness (QED) is 0.790. The van der Waals surface area contributed by atoms with Gasteiger partial charge in [-0.05, 0) is 32.8 Å². The molecule has 0 saturated heterocycles. The lowest BCUT2D eigenvalue weighted by Gasteiger charge is -2.10. The highest BCUT2D eigenvalue weighted by molar-refractivity contribution is 7.20. The van der Waals surface area contributed by atoms with Crippen molar-refractivity contribution in [3.63, 3.8) is 0 Å². The van der Waals surface area contributed by atoms with Crippen LogP contribution >= 0.6 is 11.3 Å². The molecule has 0 spiro atoms. The predicted molar refractivity (Wildman–Crippen MR) is 97.1 cm³/mol. The molecule has 0 bridgehead atoms. The Labute approximate surface area is 150 Å². The molecule has 0 aliphatic rings. The summed E-state index contributed by atoms with van der Waals surface area (Å²) in [4.78, 5) is 41.9. The molecule has 0 aliphatic heterocycles. The largest absolute Gasteiger partial charge is 0.466 e. The first-order valence-electron chi connectivity index (χ1n) is 8.19. The van der Waals surface area contributed by atoms with Gasteiger partial charge in [0.25, 0.3) is 11.5 Å². The number of ether oxygens (including phenoxy) is 1. The molecule has 1 unspecified atom stereocenters. The Morgan fingerprint density at radius 3 is 2.68 bits per heavy atom. The van der Waals surface area contributed by atoms with Crippen molar-refractivity contribution >= 4 is 33.4 Å². The molecule has 2 aromatic rings. The zero-order valence-electron chi connectivity index (χ0n) is 15.1. The summed E-state index contributed by atoms with van der Waals surface area (Å²) in [5, 5.41) is 3.29. The average molecular weight is 365 g/mol. The number of fused-ring (bicyclic) bond motifs is 1. The predicted octanol–water partition coefficient (Wildman–Crippen LogP) is 1.93. The fraction of sp³-hybridized carbons (Fsp3) is 0.529. The van der Waals surface area contributed by atoms with Crippen molar-refractivity contribution in [1.82, 2.24) is 14.9 Å². The Hall–Kier alpha value is -2.22. The monoisotopic (exact) mass is 365 g/mol. The Balaban J connectivity index is 2.13. The smallest absolute Gasteiger partial charge is 0.308 e. The van der Waals surface area contributed by atoms with Crippen molar-refractivity contribution in [2.24, 2.45) is 13.0 Å². The van der Waals surface area contributed by atoms with Crippen molar-refractivity contribution in [3.8, 4) is 0 Å². The number of carbonyl (C=O) groups is 2. The molecule has 2 aromatic heterocycles. The van der Waals surface area contributed by atoms with Crippen LogP contribution in [0.4, 0.5) is 0 Å². The molecule has 0 fully saturated rings. The summed E-state index contributed by atoms with van der Waals surface area (Å²) in [5.74, 6) is -0.191. The first-order valence-corrected chi connectivity index (χ1v) is 9.01. The molecule has 0 saturated carbocycles. The number of hydrogen-bond donors (Lipinski definition) is 1. The van der Waals surface area contributed by atoms with Gasteiger partial charge in [0.05, 0.1) is 22.8 Å². The van der Waals surface area contributed by atoms with E-state index in [0.717, 1.165) is 0 Å². The standard InChI is InChI=1S/C17H23N3O4S/c1-6-24-17(23)9(2)7-8-18-14(21)13-10(3)12-15(25-13)19-11(4)20(5)16(12)22/h9H,6-8H2,1-5H3,(H,18,21). The van der Waals surface area contributed by atoms with E-state index in [4.69, 9.17) is 4.74 Å². The van der Waals surface area contributed by atoms with Gasteiger partial charge < -0.3 is 10.1 Å². The molecule has 1 N–H and O–H groups in total. The zero-order chi connectivity index (χ0) is 18.7. The molecule has 2 rings (SSSR count). The lowest BCUT2D eigenvalue weighted by Crippen LogP contribution is -2.27. The summed E-state index contributed by atoms with van der Waals surface area (Å²) in [6.45, 7) is 7.75. The lowest BCUT2D eigenvalue weighted by molar-refractivity contribution is -0.147. The Kier molecular flexibility index (Phi) is 5.94. The van der Waals surface area contributed by atoms with Crippen molar-refractivity contribution in [2.45, 2.75) is 34.1 Å². The number of thiophene rings is 1. The van der Waals surface area contributed by atoms with Crippen molar-refractivity contribution < 1.29 is 14.3 Å². The van der Waals surface area contributed by atoms with E-state index in [1.165, 1.54) is 15.9 Å². The number of amides is 1. The van der Waals surface area contributed by atoms with Gasteiger partial charge in [0.1, 0.15) is 10.7 Å². The van der Waals surface area contributed by atoms with Gasteiger partial charge in [-0.2, -0.15) is 0 Å². The Bertz CT molecular complexity index is 869. The van der Waals surface area contributed by atoms with Crippen LogP contribution in [-0.2, 0) is 16.6 Å². The first-order chi connectivity index (χ1) is 11.8. The topological polar surface area (TPSA) is 90.3 Å². The summed E-state index contributed by atoms with van der Waals surface area (Å²) in [6, 6.07) is 0. The van der Waals surface area contributed by atoms with E-state index in [9.17, 15) is 14.4 Å². The van der Waals surface area contributed by atoms with E-state index in [-0.39, 0.29) is 23.4 Å². The van der Waals surface area contributed by atoms with Crippen LogP contribution in [-0.4, -0.2) is 34.6 Å². The third-order valence-corrected chi connectivity index (χ3v) is 5.34. The number of hydrogen-bond acceptors (Lipinski definition) is 6. The molecule has 0 aliphatic carbocycles. The molecule has 25 heavy (non-hydrogen) atoms. The summed E-state index contributed by atoms with van der Waals surface area (Å²) in [6.07, 6.45) is 0.494. The minimum atomic E-state index is -0.277. The van der Waals surface area contributed by atoms with E-state index in [2.05, 4.69) is 10.3 Å². The van der Waals surface area contributed by atoms with Gasteiger partial charge in [0, 0.05) is 13.6 Å². The number of aromatic nitrogens is 2. The fourth-order valence-electron chi connectivity index (χ4n) is 2.47. The fourth-order valence-corrected chi connectivity index (χ4v) is 3.60. The second kappa shape index (κ2) is 7.77. The van der Waals surface area contributed by atoms with Gasteiger partial charge in [0.15, 0.2) is 0 Å². The summed E-state index contributed by atoms with van der Waals surface area (Å²) in [7, 11) is 1.66. The van der Waals surface area contributed by atoms with Crippen LogP contribution in [0, 0.1) is 19.8 Å². The molecule has 1 atom stereocenters. The molecule has 8 heteroatoms. The normalized spacial score (nSPS) is 12.2. The molecule has 2 heterocycles. The molecular weight excluding hydrogens is 342 g/mol. The van der Waals surface area contributed by atoms with Crippen LogP contribution in [0.1, 0.15) is 41.3 Å². The summed E-state index contributed by atoms with van der Waals surface area (Å²) < 4.78 is 6.42. The Morgan fingerprint density at radius 1 is 1.36 bits per heavy atom. The zero-order valence-corrected chi connectivity index (χ0v) is 16.0. The van der Waals surface area contributed by atoms with E-state index in [0.29, 0.717) is 46.1 Å². The SMILES string of the molecule is CCOC(=O)C(C)CCNC(=O)c1sc2nc(C)n(C)c(=O)c2c1C. The third-order valence-electron chi connectivity index (χ3n) is 4.15. The highest BCUT2D eigenvalue weighted by Crippen LogP contribution is 2.27. The first kappa shape index (κ1) is 19.1. The number of aryl methyl sites for hydroxylation is 2. The van der Waals surface area contributed by atoms with E-state index in [1.807, 2.05) is 0 Å². The third kappa shape index (κ3) is 3.89. The van der Waals surface area contributed by atoms with Gasteiger partial charge in [-0.15, -0.1) is 11.3 Å². The van der Waals surface area contributed by atoms with E-state index < -0.39 is 0 Å². The number of rotatable bonds is 6. The Morgan fingerprint density at radius 2 is 2.04 bits per heavy atom.